The lowest BCUT2D eigenvalue weighted by Gasteiger charge is -2.26. The minimum Gasteiger partial charge on any atom is -0.315 e. The highest BCUT2D eigenvalue weighted by molar-refractivity contribution is 7.89. The van der Waals surface area contributed by atoms with Crippen LogP contribution in [0.25, 0.3) is 0 Å². The fourth-order valence-corrected chi connectivity index (χ4v) is 4.47. The molecule has 0 fully saturated rings. The second kappa shape index (κ2) is 6.01. The molecule has 0 saturated heterocycles. The van der Waals surface area contributed by atoms with Crippen molar-refractivity contribution in [3.05, 3.63) is 41.7 Å². The topological polar surface area (TPSA) is 68.1 Å². The average Bonchev–Trinajstić information content (AvgIpc) is 2.75. The van der Waals surface area contributed by atoms with Crippen LogP contribution >= 0.6 is 0 Å². The summed E-state index contributed by atoms with van der Waals surface area (Å²) in [6, 6.07) is 5.28. The molecule has 1 aromatic heterocycles. The number of benzene rings is 1. The molecular formula is C15H19FN4O2S. The van der Waals surface area contributed by atoms with E-state index in [1.807, 2.05) is 11.5 Å². The highest BCUT2D eigenvalue weighted by Gasteiger charge is 2.31. The number of halogens is 1. The van der Waals surface area contributed by atoms with E-state index < -0.39 is 15.8 Å². The number of sulfonamides is 1. The summed E-state index contributed by atoms with van der Waals surface area (Å²) in [7, 11) is -2.33. The van der Waals surface area contributed by atoms with Crippen LogP contribution in [0.4, 0.5) is 4.39 Å². The van der Waals surface area contributed by atoms with Crippen molar-refractivity contribution in [3.8, 4) is 0 Å². The number of rotatable bonds is 3. The zero-order chi connectivity index (χ0) is 16.6. The Morgan fingerprint density at radius 1 is 1.26 bits per heavy atom. The second-order valence-corrected chi connectivity index (χ2v) is 7.71. The molecule has 0 aliphatic carbocycles. The SMILES string of the molecule is Cc1nnc2n1CCC(N(C)S(=O)(=O)c1ccccc1F)CC2. The van der Waals surface area contributed by atoms with E-state index in [1.54, 1.807) is 0 Å². The van der Waals surface area contributed by atoms with Gasteiger partial charge in [0.25, 0.3) is 0 Å². The van der Waals surface area contributed by atoms with Crippen LogP contribution in [0.1, 0.15) is 24.5 Å². The van der Waals surface area contributed by atoms with Gasteiger partial charge in [-0.2, -0.15) is 4.31 Å². The third-order valence-corrected chi connectivity index (χ3v) is 6.35. The molecule has 0 N–H and O–H groups in total. The van der Waals surface area contributed by atoms with Gasteiger partial charge in [0.2, 0.25) is 10.0 Å². The number of aromatic nitrogens is 3. The first-order chi connectivity index (χ1) is 10.9. The van der Waals surface area contributed by atoms with Gasteiger partial charge < -0.3 is 4.57 Å². The Kier molecular flexibility index (Phi) is 4.20. The van der Waals surface area contributed by atoms with E-state index in [-0.39, 0.29) is 10.9 Å². The number of hydrogen-bond acceptors (Lipinski definition) is 4. The molecule has 1 aliphatic rings. The summed E-state index contributed by atoms with van der Waals surface area (Å²) in [6.45, 7) is 2.55. The first-order valence-corrected chi connectivity index (χ1v) is 8.96. The first kappa shape index (κ1) is 16.1. The number of hydrogen-bond donors (Lipinski definition) is 0. The van der Waals surface area contributed by atoms with Crippen LogP contribution < -0.4 is 0 Å². The van der Waals surface area contributed by atoms with Gasteiger partial charge in [0.15, 0.2) is 0 Å². The molecule has 0 spiro atoms. The Balaban J connectivity index is 1.84. The summed E-state index contributed by atoms with van der Waals surface area (Å²) in [6.07, 6.45) is 1.95. The van der Waals surface area contributed by atoms with Gasteiger partial charge in [0, 0.05) is 26.1 Å². The van der Waals surface area contributed by atoms with Crippen LogP contribution in [-0.2, 0) is 23.0 Å². The van der Waals surface area contributed by atoms with E-state index in [9.17, 15) is 12.8 Å². The molecule has 8 heteroatoms. The maximum Gasteiger partial charge on any atom is 0.245 e. The molecule has 1 aliphatic heterocycles. The number of fused-ring (bicyclic) bond motifs is 1. The quantitative estimate of drug-likeness (QED) is 0.855. The van der Waals surface area contributed by atoms with Crippen molar-refractivity contribution in [2.75, 3.05) is 7.05 Å². The van der Waals surface area contributed by atoms with E-state index >= 15 is 0 Å². The molecule has 1 unspecified atom stereocenters. The summed E-state index contributed by atoms with van der Waals surface area (Å²) in [4.78, 5) is -0.276. The zero-order valence-corrected chi connectivity index (χ0v) is 13.9. The number of aryl methyl sites for hydroxylation is 2. The van der Waals surface area contributed by atoms with Gasteiger partial charge in [0.1, 0.15) is 22.4 Å². The molecule has 6 nitrogen and oxygen atoms in total. The Morgan fingerprint density at radius 2 is 2.00 bits per heavy atom. The Labute approximate surface area is 135 Å². The summed E-state index contributed by atoms with van der Waals surface area (Å²) in [5.41, 5.74) is 0. The molecule has 0 amide bonds. The van der Waals surface area contributed by atoms with Crippen LogP contribution in [0.3, 0.4) is 0 Å². The fourth-order valence-electron chi connectivity index (χ4n) is 2.99. The predicted molar refractivity (Wildman–Crippen MR) is 82.8 cm³/mol. The summed E-state index contributed by atoms with van der Waals surface area (Å²) in [5, 5.41) is 8.18. The lowest BCUT2D eigenvalue weighted by Crippen LogP contribution is -2.37. The lowest BCUT2D eigenvalue weighted by molar-refractivity contribution is 0.328. The van der Waals surface area contributed by atoms with Gasteiger partial charge >= 0.3 is 0 Å². The van der Waals surface area contributed by atoms with Gasteiger partial charge in [-0.3, -0.25) is 0 Å². The first-order valence-electron chi connectivity index (χ1n) is 7.52. The van der Waals surface area contributed by atoms with Crippen LogP contribution in [0.2, 0.25) is 0 Å². The highest BCUT2D eigenvalue weighted by Crippen LogP contribution is 2.25. The number of nitrogens with zero attached hydrogens (tertiary/aromatic N) is 4. The average molecular weight is 338 g/mol. The standard InChI is InChI=1S/C15H19FN4O2S/c1-11-17-18-15-8-7-12(9-10-20(11)15)19(2)23(21,22)14-6-4-3-5-13(14)16/h3-6,12H,7-10H2,1-2H3. The van der Waals surface area contributed by atoms with Crippen molar-refractivity contribution in [3.63, 3.8) is 0 Å². The van der Waals surface area contributed by atoms with Gasteiger partial charge in [-0.1, -0.05) is 12.1 Å². The molecule has 1 aromatic carbocycles. The molecule has 23 heavy (non-hydrogen) atoms. The van der Waals surface area contributed by atoms with Crippen LogP contribution in [0.5, 0.6) is 0 Å². The van der Waals surface area contributed by atoms with Crippen LogP contribution in [0, 0.1) is 12.7 Å². The minimum absolute atomic E-state index is 0.194. The molecule has 124 valence electrons. The Bertz CT molecular complexity index is 819. The van der Waals surface area contributed by atoms with Crippen molar-refractivity contribution in [1.29, 1.82) is 0 Å². The van der Waals surface area contributed by atoms with Crippen molar-refractivity contribution in [2.45, 2.75) is 43.7 Å². The minimum atomic E-state index is -3.85. The Hall–Kier alpha value is -1.80. The third kappa shape index (κ3) is 2.88. The van der Waals surface area contributed by atoms with Crippen molar-refractivity contribution < 1.29 is 12.8 Å². The Morgan fingerprint density at radius 3 is 2.74 bits per heavy atom. The van der Waals surface area contributed by atoms with Gasteiger partial charge in [0.05, 0.1) is 0 Å². The molecule has 2 aromatic rings. The van der Waals surface area contributed by atoms with Crippen molar-refractivity contribution in [1.82, 2.24) is 19.1 Å². The normalized spacial score (nSPS) is 18.7. The third-order valence-electron chi connectivity index (χ3n) is 4.41. The van der Waals surface area contributed by atoms with E-state index in [0.717, 1.165) is 11.6 Å². The maximum absolute atomic E-state index is 13.9. The lowest BCUT2D eigenvalue weighted by atomic mass is 10.1. The molecule has 0 bridgehead atoms. The highest BCUT2D eigenvalue weighted by atomic mass is 32.2. The van der Waals surface area contributed by atoms with Gasteiger partial charge in [-0.15, -0.1) is 10.2 Å². The van der Waals surface area contributed by atoms with E-state index in [4.69, 9.17) is 0 Å². The van der Waals surface area contributed by atoms with Crippen molar-refractivity contribution >= 4 is 10.0 Å². The molecule has 3 rings (SSSR count). The molecule has 1 atom stereocenters. The van der Waals surface area contributed by atoms with Crippen LogP contribution in [0.15, 0.2) is 29.2 Å². The monoisotopic (exact) mass is 338 g/mol. The molecular weight excluding hydrogens is 319 g/mol. The predicted octanol–water partition coefficient (Wildman–Crippen LogP) is 1.75. The smallest absolute Gasteiger partial charge is 0.245 e. The van der Waals surface area contributed by atoms with E-state index in [1.165, 1.54) is 35.6 Å². The molecule has 0 saturated carbocycles. The van der Waals surface area contributed by atoms with Gasteiger partial charge in [-0.25, -0.2) is 12.8 Å². The molecule has 2 heterocycles. The van der Waals surface area contributed by atoms with Crippen LogP contribution in [-0.4, -0.2) is 40.6 Å². The van der Waals surface area contributed by atoms with Crippen molar-refractivity contribution in [2.24, 2.45) is 0 Å². The summed E-state index contributed by atoms with van der Waals surface area (Å²) < 4.78 is 42.6. The summed E-state index contributed by atoms with van der Waals surface area (Å²) >= 11 is 0. The zero-order valence-electron chi connectivity index (χ0n) is 13.1. The largest absolute Gasteiger partial charge is 0.315 e. The van der Waals surface area contributed by atoms with E-state index in [2.05, 4.69) is 10.2 Å². The fraction of sp³-hybridized carbons (Fsp3) is 0.467. The van der Waals surface area contributed by atoms with Gasteiger partial charge in [-0.05, 0) is 31.9 Å². The maximum atomic E-state index is 13.9. The molecule has 0 radical (unpaired) electrons. The van der Waals surface area contributed by atoms with E-state index in [0.29, 0.717) is 25.8 Å². The summed E-state index contributed by atoms with van der Waals surface area (Å²) in [5.74, 6) is 0.989. The second-order valence-electron chi connectivity index (χ2n) is 5.75.